The van der Waals surface area contributed by atoms with Gasteiger partial charge in [0.2, 0.25) is 0 Å². The van der Waals surface area contributed by atoms with Crippen LogP contribution in [-0.2, 0) is 4.79 Å². The number of rotatable bonds is 2. The molecule has 0 radical (unpaired) electrons. The fraction of sp³-hybridized carbons (Fsp3) is 0.364. The number of aromatic nitrogens is 1. The van der Waals surface area contributed by atoms with Crippen molar-refractivity contribution in [3.63, 3.8) is 0 Å². The lowest BCUT2D eigenvalue weighted by molar-refractivity contribution is -0.141. The highest BCUT2D eigenvalue weighted by molar-refractivity contribution is 6.34. The molecule has 0 saturated carbocycles. The Morgan fingerprint density at radius 1 is 1.37 bits per heavy atom. The van der Waals surface area contributed by atoms with Crippen LogP contribution in [0, 0.1) is 0 Å². The Hall–Kier alpha value is -1.37. The standard InChI is InChI=1S/C11H10Cl2N2O4/c12-6-1-2-8(13)14-9(6)10(17)15-4-5(16)3-7(15)11(18)19/h1-2,5,7,16H,3-4H2,(H,18,19). The van der Waals surface area contributed by atoms with Gasteiger partial charge in [-0.25, -0.2) is 9.78 Å². The summed E-state index contributed by atoms with van der Waals surface area (Å²) in [6.45, 7) is -0.0691. The predicted molar refractivity (Wildman–Crippen MR) is 67.3 cm³/mol. The summed E-state index contributed by atoms with van der Waals surface area (Å²) in [5, 5.41) is 18.7. The van der Waals surface area contributed by atoms with Gasteiger partial charge in [0, 0.05) is 13.0 Å². The SMILES string of the molecule is O=C(O)C1CC(O)CN1C(=O)c1nc(Cl)ccc1Cl. The Morgan fingerprint density at radius 3 is 2.68 bits per heavy atom. The van der Waals surface area contributed by atoms with Gasteiger partial charge >= 0.3 is 5.97 Å². The van der Waals surface area contributed by atoms with Crippen molar-refractivity contribution in [1.29, 1.82) is 0 Å². The molecule has 2 rings (SSSR count). The zero-order valence-electron chi connectivity index (χ0n) is 9.58. The zero-order chi connectivity index (χ0) is 14.2. The Kier molecular flexibility index (Phi) is 3.93. The van der Waals surface area contributed by atoms with E-state index in [4.69, 9.17) is 28.3 Å². The summed E-state index contributed by atoms with van der Waals surface area (Å²) in [6, 6.07) is 1.75. The van der Waals surface area contributed by atoms with E-state index in [1.54, 1.807) is 0 Å². The molecular formula is C11H10Cl2N2O4. The first-order chi connectivity index (χ1) is 8.90. The summed E-state index contributed by atoms with van der Waals surface area (Å²) >= 11 is 11.5. The van der Waals surface area contributed by atoms with Gasteiger partial charge in [0.1, 0.15) is 16.9 Å². The number of carbonyl (C=O) groups excluding carboxylic acids is 1. The number of hydrogen-bond acceptors (Lipinski definition) is 4. The number of aliphatic hydroxyl groups is 1. The number of amides is 1. The minimum Gasteiger partial charge on any atom is -0.480 e. The van der Waals surface area contributed by atoms with Gasteiger partial charge in [0.05, 0.1) is 11.1 Å². The van der Waals surface area contributed by atoms with Crippen molar-refractivity contribution < 1.29 is 19.8 Å². The molecule has 1 aromatic heterocycles. The number of nitrogens with zero attached hydrogens (tertiary/aromatic N) is 2. The maximum absolute atomic E-state index is 12.2. The van der Waals surface area contributed by atoms with E-state index in [-0.39, 0.29) is 28.8 Å². The van der Waals surface area contributed by atoms with E-state index in [0.29, 0.717) is 0 Å². The molecule has 1 saturated heterocycles. The number of halogens is 2. The van der Waals surface area contributed by atoms with Crippen LogP contribution in [0.4, 0.5) is 0 Å². The molecule has 2 N–H and O–H groups in total. The van der Waals surface area contributed by atoms with E-state index in [1.165, 1.54) is 12.1 Å². The lowest BCUT2D eigenvalue weighted by atomic mass is 10.2. The first-order valence-corrected chi connectivity index (χ1v) is 6.19. The predicted octanol–water partition coefficient (Wildman–Crippen LogP) is 1.05. The number of likely N-dealkylation sites (tertiary alicyclic amines) is 1. The maximum atomic E-state index is 12.2. The van der Waals surface area contributed by atoms with Gasteiger partial charge in [-0.3, -0.25) is 4.79 Å². The number of pyridine rings is 1. The highest BCUT2D eigenvalue weighted by Gasteiger charge is 2.40. The van der Waals surface area contributed by atoms with Crippen molar-refractivity contribution >= 4 is 35.1 Å². The topological polar surface area (TPSA) is 90.7 Å². The van der Waals surface area contributed by atoms with Crippen LogP contribution < -0.4 is 0 Å². The number of β-amino-alcohol motifs (C(OH)–C–C–N with tert-alkyl or cyclic N) is 1. The zero-order valence-corrected chi connectivity index (χ0v) is 11.1. The second kappa shape index (κ2) is 5.32. The number of carboxylic acid groups (broad SMARTS) is 1. The molecular weight excluding hydrogens is 295 g/mol. The molecule has 1 amide bonds. The van der Waals surface area contributed by atoms with Crippen molar-refractivity contribution in [2.75, 3.05) is 6.54 Å². The molecule has 2 unspecified atom stereocenters. The number of hydrogen-bond donors (Lipinski definition) is 2. The van der Waals surface area contributed by atoms with Gasteiger partial charge in [-0.1, -0.05) is 23.2 Å². The van der Waals surface area contributed by atoms with Gasteiger partial charge in [-0.2, -0.15) is 0 Å². The van der Waals surface area contributed by atoms with Crippen molar-refractivity contribution in [2.45, 2.75) is 18.6 Å². The third-order valence-corrected chi connectivity index (χ3v) is 3.36. The van der Waals surface area contributed by atoms with E-state index < -0.39 is 24.0 Å². The minimum absolute atomic E-state index is 0.0146. The van der Waals surface area contributed by atoms with Crippen LogP contribution in [-0.4, -0.2) is 50.7 Å². The molecule has 0 aromatic carbocycles. The maximum Gasteiger partial charge on any atom is 0.326 e. The summed E-state index contributed by atoms with van der Waals surface area (Å²) in [5.41, 5.74) is -0.116. The Balaban J connectivity index is 2.33. The van der Waals surface area contributed by atoms with Crippen molar-refractivity contribution in [3.8, 4) is 0 Å². The van der Waals surface area contributed by atoms with Crippen LogP contribution in [0.5, 0.6) is 0 Å². The third-order valence-electron chi connectivity index (χ3n) is 2.84. The largest absolute Gasteiger partial charge is 0.480 e. The second-order valence-corrected chi connectivity index (χ2v) is 4.96. The normalized spacial score (nSPS) is 22.6. The molecule has 0 bridgehead atoms. The fourth-order valence-electron chi connectivity index (χ4n) is 1.98. The Morgan fingerprint density at radius 2 is 2.05 bits per heavy atom. The number of aliphatic carboxylic acids is 1. The average Bonchev–Trinajstić information content (AvgIpc) is 2.74. The van der Waals surface area contributed by atoms with E-state index in [2.05, 4.69) is 4.98 Å². The smallest absolute Gasteiger partial charge is 0.326 e. The number of aliphatic hydroxyl groups excluding tert-OH is 1. The molecule has 1 fully saturated rings. The van der Waals surface area contributed by atoms with Crippen LogP contribution >= 0.6 is 23.2 Å². The second-order valence-electron chi connectivity index (χ2n) is 4.17. The number of carboxylic acids is 1. The van der Waals surface area contributed by atoms with Crippen molar-refractivity contribution in [3.05, 3.63) is 28.0 Å². The quantitative estimate of drug-likeness (QED) is 0.797. The van der Waals surface area contributed by atoms with E-state index in [9.17, 15) is 14.7 Å². The monoisotopic (exact) mass is 304 g/mol. The molecule has 1 aromatic rings. The molecule has 8 heteroatoms. The van der Waals surface area contributed by atoms with Gasteiger partial charge in [0.25, 0.3) is 5.91 Å². The Labute approximate surface area is 118 Å². The van der Waals surface area contributed by atoms with E-state index >= 15 is 0 Å². The minimum atomic E-state index is -1.18. The summed E-state index contributed by atoms with van der Waals surface area (Å²) in [4.78, 5) is 28.1. The average molecular weight is 305 g/mol. The molecule has 102 valence electrons. The summed E-state index contributed by atoms with van der Waals surface area (Å²) in [7, 11) is 0. The lowest BCUT2D eigenvalue weighted by Gasteiger charge is -2.21. The van der Waals surface area contributed by atoms with Gasteiger partial charge in [0.15, 0.2) is 0 Å². The van der Waals surface area contributed by atoms with Crippen LogP contribution in [0.15, 0.2) is 12.1 Å². The molecule has 19 heavy (non-hydrogen) atoms. The third kappa shape index (κ3) is 2.80. The van der Waals surface area contributed by atoms with Crippen LogP contribution in [0.25, 0.3) is 0 Å². The molecule has 1 aliphatic rings. The van der Waals surface area contributed by atoms with E-state index in [0.717, 1.165) is 4.90 Å². The first kappa shape index (κ1) is 14.0. The van der Waals surface area contributed by atoms with Crippen molar-refractivity contribution in [2.24, 2.45) is 0 Å². The summed E-state index contributed by atoms with van der Waals surface area (Å²) < 4.78 is 0. The van der Waals surface area contributed by atoms with Gasteiger partial charge < -0.3 is 15.1 Å². The molecule has 0 spiro atoms. The first-order valence-electron chi connectivity index (χ1n) is 5.44. The summed E-state index contributed by atoms with van der Waals surface area (Å²) in [6.07, 6.45) is -0.887. The number of carbonyl (C=O) groups is 2. The molecule has 2 atom stereocenters. The lowest BCUT2D eigenvalue weighted by Crippen LogP contribution is -2.41. The molecule has 0 aliphatic carbocycles. The molecule has 2 heterocycles. The van der Waals surface area contributed by atoms with Gasteiger partial charge in [-0.15, -0.1) is 0 Å². The van der Waals surface area contributed by atoms with Crippen LogP contribution in [0.3, 0.4) is 0 Å². The fourth-order valence-corrected chi connectivity index (χ4v) is 2.31. The Bertz CT molecular complexity index is 537. The van der Waals surface area contributed by atoms with Gasteiger partial charge in [-0.05, 0) is 12.1 Å². The van der Waals surface area contributed by atoms with Crippen LogP contribution in [0.1, 0.15) is 16.9 Å². The summed E-state index contributed by atoms with van der Waals surface area (Å²) in [5.74, 6) is -1.83. The highest BCUT2D eigenvalue weighted by Crippen LogP contribution is 2.24. The van der Waals surface area contributed by atoms with Crippen molar-refractivity contribution in [1.82, 2.24) is 9.88 Å². The molecule has 6 nitrogen and oxygen atoms in total. The van der Waals surface area contributed by atoms with E-state index in [1.807, 2.05) is 0 Å². The van der Waals surface area contributed by atoms with Crippen LogP contribution in [0.2, 0.25) is 10.2 Å². The molecule has 1 aliphatic heterocycles. The highest BCUT2D eigenvalue weighted by atomic mass is 35.5.